The Bertz CT molecular complexity index is 1280. The zero-order valence-corrected chi connectivity index (χ0v) is 15.5. The fourth-order valence-corrected chi connectivity index (χ4v) is 3.09. The predicted molar refractivity (Wildman–Crippen MR) is 110 cm³/mol. The van der Waals surface area contributed by atoms with E-state index < -0.39 is 11.2 Å². The Kier molecular flexibility index (Phi) is 5.03. The number of hydrogen-bond donors (Lipinski definition) is 2. The van der Waals surface area contributed by atoms with E-state index in [1.807, 2.05) is 42.5 Å². The summed E-state index contributed by atoms with van der Waals surface area (Å²) < 4.78 is 1.14. The number of rotatable bonds is 5. The van der Waals surface area contributed by atoms with Crippen molar-refractivity contribution in [3.05, 3.63) is 111 Å². The minimum Gasteiger partial charge on any atom is -0.348 e. The van der Waals surface area contributed by atoms with Gasteiger partial charge in [-0.05, 0) is 41.5 Å². The summed E-state index contributed by atoms with van der Waals surface area (Å²) in [6, 6.07) is 17.6. The fourth-order valence-electron chi connectivity index (χ4n) is 3.09. The molecule has 0 spiro atoms. The van der Waals surface area contributed by atoms with E-state index in [1.54, 1.807) is 24.5 Å². The van der Waals surface area contributed by atoms with Gasteiger partial charge in [0.25, 0.3) is 11.5 Å². The molecule has 0 aliphatic heterocycles. The fraction of sp³-hybridized carbons (Fsp3) is 0.0909. The highest BCUT2D eigenvalue weighted by molar-refractivity contribution is 5.97. The minimum absolute atomic E-state index is 0.156. The van der Waals surface area contributed by atoms with Crippen molar-refractivity contribution in [2.24, 2.45) is 0 Å². The molecule has 144 valence electrons. The monoisotopic (exact) mass is 386 g/mol. The number of nitrogens with zero attached hydrogens (tertiary/aromatic N) is 2. The Labute approximate surface area is 165 Å². The highest BCUT2D eigenvalue weighted by atomic mass is 16.2. The second-order valence-corrected chi connectivity index (χ2v) is 6.61. The zero-order valence-electron chi connectivity index (χ0n) is 15.5. The molecule has 2 heterocycles. The Morgan fingerprint density at radius 3 is 2.48 bits per heavy atom. The Balaban J connectivity index is 1.65. The van der Waals surface area contributed by atoms with E-state index in [9.17, 15) is 14.4 Å². The van der Waals surface area contributed by atoms with Gasteiger partial charge >= 0.3 is 5.69 Å². The van der Waals surface area contributed by atoms with E-state index in [-0.39, 0.29) is 17.8 Å². The summed E-state index contributed by atoms with van der Waals surface area (Å²) in [4.78, 5) is 44.4. The van der Waals surface area contributed by atoms with Crippen molar-refractivity contribution >= 4 is 16.8 Å². The number of hydrogen-bond acceptors (Lipinski definition) is 4. The standard InChI is InChI=1S/C22H18N4O3/c27-20(24-13-15-8-10-23-11-9-15)17-6-7-19-18(12-17)21(28)26(22(29)25-19)14-16-4-2-1-3-5-16/h1-12H,13-14H2,(H,24,27)(H,25,29). The van der Waals surface area contributed by atoms with E-state index in [2.05, 4.69) is 15.3 Å². The lowest BCUT2D eigenvalue weighted by atomic mass is 10.1. The van der Waals surface area contributed by atoms with Gasteiger partial charge in [-0.2, -0.15) is 0 Å². The van der Waals surface area contributed by atoms with Crippen LogP contribution in [0, 0.1) is 0 Å². The molecule has 1 amide bonds. The molecule has 2 aromatic carbocycles. The predicted octanol–water partition coefficient (Wildman–Crippen LogP) is 2.06. The van der Waals surface area contributed by atoms with Crippen molar-refractivity contribution < 1.29 is 4.79 Å². The molecule has 0 unspecified atom stereocenters. The highest BCUT2D eigenvalue weighted by Gasteiger charge is 2.12. The topological polar surface area (TPSA) is 96.8 Å². The van der Waals surface area contributed by atoms with Gasteiger partial charge in [-0.15, -0.1) is 0 Å². The Morgan fingerprint density at radius 1 is 0.966 bits per heavy atom. The van der Waals surface area contributed by atoms with Gasteiger partial charge in [0.1, 0.15) is 0 Å². The van der Waals surface area contributed by atoms with Crippen molar-refractivity contribution in [2.75, 3.05) is 0 Å². The molecule has 2 aromatic heterocycles. The number of amides is 1. The number of aromatic nitrogens is 3. The number of aromatic amines is 1. The molecule has 7 heteroatoms. The first-order chi connectivity index (χ1) is 14.1. The first-order valence-corrected chi connectivity index (χ1v) is 9.10. The second kappa shape index (κ2) is 7.93. The van der Waals surface area contributed by atoms with Crippen molar-refractivity contribution in [3.8, 4) is 0 Å². The maximum absolute atomic E-state index is 12.9. The van der Waals surface area contributed by atoms with E-state index >= 15 is 0 Å². The summed E-state index contributed by atoms with van der Waals surface area (Å²) in [6.45, 7) is 0.507. The van der Waals surface area contributed by atoms with Crippen LogP contribution < -0.4 is 16.6 Å². The van der Waals surface area contributed by atoms with Crippen LogP contribution in [-0.4, -0.2) is 20.4 Å². The smallest absolute Gasteiger partial charge is 0.329 e. The molecule has 0 atom stereocenters. The third kappa shape index (κ3) is 3.98. The number of carbonyl (C=O) groups excluding carboxylic acids is 1. The van der Waals surface area contributed by atoms with E-state index in [0.717, 1.165) is 15.7 Å². The number of nitrogens with one attached hydrogen (secondary N) is 2. The molecule has 2 N–H and O–H groups in total. The van der Waals surface area contributed by atoms with Gasteiger partial charge < -0.3 is 10.3 Å². The van der Waals surface area contributed by atoms with Crippen LogP contribution in [0.1, 0.15) is 21.5 Å². The summed E-state index contributed by atoms with van der Waals surface area (Å²) in [6.07, 6.45) is 3.31. The number of fused-ring (bicyclic) bond motifs is 1. The molecule has 29 heavy (non-hydrogen) atoms. The van der Waals surface area contributed by atoms with Gasteiger partial charge in [-0.25, -0.2) is 4.79 Å². The highest BCUT2D eigenvalue weighted by Crippen LogP contribution is 2.10. The first kappa shape index (κ1) is 18.4. The number of benzene rings is 2. The molecule has 0 fully saturated rings. The minimum atomic E-state index is -0.485. The zero-order chi connectivity index (χ0) is 20.2. The largest absolute Gasteiger partial charge is 0.348 e. The molecule has 0 bridgehead atoms. The molecule has 4 rings (SSSR count). The molecule has 0 saturated heterocycles. The van der Waals surface area contributed by atoms with Crippen LogP contribution in [0.25, 0.3) is 10.9 Å². The summed E-state index contributed by atoms with van der Waals surface area (Å²) in [5.41, 5.74) is 1.59. The van der Waals surface area contributed by atoms with Gasteiger partial charge in [0.15, 0.2) is 0 Å². The van der Waals surface area contributed by atoms with E-state index in [4.69, 9.17) is 0 Å². The van der Waals surface area contributed by atoms with Crippen LogP contribution in [0.4, 0.5) is 0 Å². The molecule has 7 nitrogen and oxygen atoms in total. The van der Waals surface area contributed by atoms with E-state index in [0.29, 0.717) is 17.6 Å². The molecule has 4 aromatic rings. The van der Waals surface area contributed by atoms with Crippen molar-refractivity contribution in [1.29, 1.82) is 0 Å². The third-order valence-electron chi connectivity index (χ3n) is 4.63. The molecular formula is C22H18N4O3. The van der Waals surface area contributed by atoms with Crippen LogP contribution in [0.2, 0.25) is 0 Å². The summed E-state index contributed by atoms with van der Waals surface area (Å²) >= 11 is 0. The molecule has 0 radical (unpaired) electrons. The quantitative estimate of drug-likeness (QED) is 0.549. The Hall–Kier alpha value is -4.00. The van der Waals surface area contributed by atoms with Gasteiger partial charge in [-0.3, -0.25) is 19.1 Å². The van der Waals surface area contributed by atoms with Gasteiger partial charge in [0.2, 0.25) is 0 Å². The molecule has 0 aliphatic rings. The average molecular weight is 386 g/mol. The number of pyridine rings is 1. The third-order valence-corrected chi connectivity index (χ3v) is 4.63. The van der Waals surface area contributed by atoms with E-state index in [1.165, 1.54) is 6.07 Å². The van der Waals surface area contributed by atoms with Gasteiger partial charge in [0, 0.05) is 24.5 Å². The van der Waals surface area contributed by atoms with Crippen LogP contribution in [0.15, 0.2) is 82.6 Å². The maximum Gasteiger partial charge on any atom is 0.329 e. The average Bonchev–Trinajstić information content (AvgIpc) is 2.76. The first-order valence-electron chi connectivity index (χ1n) is 9.10. The lowest BCUT2D eigenvalue weighted by Crippen LogP contribution is -2.35. The summed E-state index contributed by atoms with van der Waals surface area (Å²) in [5, 5.41) is 3.11. The maximum atomic E-state index is 12.9. The van der Waals surface area contributed by atoms with Crippen LogP contribution in [0.3, 0.4) is 0 Å². The van der Waals surface area contributed by atoms with Crippen LogP contribution >= 0.6 is 0 Å². The lowest BCUT2D eigenvalue weighted by Gasteiger charge is -2.09. The Morgan fingerprint density at radius 2 is 1.72 bits per heavy atom. The van der Waals surface area contributed by atoms with Gasteiger partial charge in [-0.1, -0.05) is 30.3 Å². The van der Waals surface area contributed by atoms with Crippen molar-refractivity contribution in [3.63, 3.8) is 0 Å². The molecule has 0 aliphatic carbocycles. The second-order valence-electron chi connectivity index (χ2n) is 6.61. The number of carbonyl (C=O) groups is 1. The summed E-state index contributed by atoms with van der Waals surface area (Å²) in [7, 11) is 0. The summed E-state index contributed by atoms with van der Waals surface area (Å²) in [5.74, 6) is -0.302. The SMILES string of the molecule is O=C(NCc1ccncc1)c1ccc2[nH]c(=O)n(Cc3ccccc3)c(=O)c2c1. The van der Waals surface area contributed by atoms with Crippen LogP contribution in [0.5, 0.6) is 0 Å². The normalized spacial score (nSPS) is 10.8. The van der Waals surface area contributed by atoms with Crippen molar-refractivity contribution in [1.82, 2.24) is 19.9 Å². The number of H-pyrrole nitrogens is 1. The van der Waals surface area contributed by atoms with Crippen molar-refractivity contribution in [2.45, 2.75) is 13.1 Å². The molecule has 0 saturated carbocycles. The van der Waals surface area contributed by atoms with Crippen LogP contribution in [-0.2, 0) is 13.1 Å². The lowest BCUT2D eigenvalue weighted by molar-refractivity contribution is 0.0951. The van der Waals surface area contributed by atoms with Gasteiger partial charge in [0.05, 0.1) is 17.4 Å². The molecular weight excluding hydrogens is 368 g/mol.